The molecule has 0 aliphatic rings. The van der Waals surface area contributed by atoms with Gasteiger partial charge in [0.1, 0.15) is 6.79 Å². The largest absolute Gasteiger partial charge is 0.371 e. The number of rotatable bonds is 4. The average Bonchev–Trinajstić information content (AvgIpc) is 1.86. The maximum absolute atomic E-state index is 8.39. The van der Waals surface area contributed by atoms with Crippen LogP contribution in [0.1, 0.15) is 13.8 Å². The zero-order valence-electron chi connectivity index (χ0n) is 6.82. The Balaban J connectivity index is 3.82. The van der Waals surface area contributed by atoms with Gasteiger partial charge in [0, 0.05) is 0 Å². The van der Waals surface area contributed by atoms with Crippen molar-refractivity contribution in [3.8, 4) is 0 Å². The second kappa shape index (κ2) is 4.92. The number of nitrogens with zero attached hydrogens (tertiary/aromatic N) is 1. The van der Waals surface area contributed by atoms with E-state index in [1.54, 1.807) is 13.8 Å². The van der Waals surface area contributed by atoms with E-state index in [4.69, 9.17) is 21.3 Å². The van der Waals surface area contributed by atoms with Crippen molar-refractivity contribution in [2.45, 2.75) is 26.0 Å². The van der Waals surface area contributed by atoms with Gasteiger partial charge < -0.3 is 21.3 Å². The van der Waals surface area contributed by atoms with Gasteiger partial charge >= 0.3 is 0 Å². The molecule has 0 rings (SSSR count). The molecule has 11 heavy (non-hydrogen) atoms. The first-order valence-electron chi connectivity index (χ1n) is 3.39. The molecule has 0 saturated heterocycles. The van der Waals surface area contributed by atoms with Crippen LogP contribution in [-0.4, -0.2) is 30.0 Å². The maximum Gasteiger partial charge on any atom is 0.186 e. The Morgan fingerprint density at radius 2 is 2.09 bits per heavy atom. The molecule has 0 spiro atoms. The van der Waals surface area contributed by atoms with Gasteiger partial charge in [-0.2, -0.15) is 0 Å². The number of guanidine groups is 1. The van der Waals surface area contributed by atoms with Gasteiger partial charge in [-0.1, -0.05) is 0 Å². The molecule has 5 N–H and O–H groups in total. The van der Waals surface area contributed by atoms with Crippen molar-refractivity contribution in [1.29, 1.82) is 0 Å². The molecule has 5 heteroatoms. The molecule has 2 unspecified atom stereocenters. The molecular weight excluding hydrogens is 146 g/mol. The van der Waals surface area contributed by atoms with Gasteiger partial charge in [-0.15, -0.1) is 0 Å². The third-order valence-electron chi connectivity index (χ3n) is 1.37. The van der Waals surface area contributed by atoms with E-state index in [-0.39, 0.29) is 24.9 Å². The molecule has 0 aromatic carbocycles. The second-order valence-corrected chi connectivity index (χ2v) is 2.30. The SMILES string of the molecule is CC(N=C(N)N)C(C)OCO. The summed E-state index contributed by atoms with van der Waals surface area (Å²) in [4.78, 5) is 3.83. The van der Waals surface area contributed by atoms with Crippen LogP contribution in [-0.2, 0) is 4.74 Å². The molecular formula is C6H15N3O2. The summed E-state index contributed by atoms with van der Waals surface area (Å²) in [6.07, 6.45) is -0.179. The van der Waals surface area contributed by atoms with Crippen molar-refractivity contribution < 1.29 is 9.84 Å². The lowest BCUT2D eigenvalue weighted by Gasteiger charge is -2.15. The Hall–Kier alpha value is -0.810. The van der Waals surface area contributed by atoms with Crippen LogP contribution in [0.3, 0.4) is 0 Å². The standard InChI is InChI=1S/C6H15N3O2/c1-4(9-6(7)8)5(2)11-3-10/h4-5,10H,3H2,1-2H3,(H4,7,8,9). The number of ether oxygens (including phenoxy) is 1. The van der Waals surface area contributed by atoms with Gasteiger partial charge in [0.15, 0.2) is 5.96 Å². The van der Waals surface area contributed by atoms with E-state index in [0.717, 1.165) is 0 Å². The highest BCUT2D eigenvalue weighted by molar-refractivity contribution is 5.75. The minimum absolute atomic E-state index is 0.0332. The van der Waals surface area contributed by atoms with E-state index in [2.05, 4.69) is 4.99 Å². The Morgan fingerprint density at radius 1 is 1.55 bits per heavy atom. The molecule has 2 atom stereocenters. The summed E-state index contributed by atoms with van der Waals surface area (Å²) in [6, 6.07) is -0.132. The maximum atomic E-state index is 8.39. The monoisotopic (exact) mass is 161 g/mol. The minimum atomic E-state index is -0.314. The van der Waals surface area contributed by atoms with Crippen molar-refractivity contribution in [1.82, 2.24) is 0 Å². The second-order valence-electron chi connectivity index (χ2n) is 2.30. The van der Waals surface area contributed by atoms with Crippen molar-refractivity contribution in [3.63, 3.8) is 0 Å². The first-order valence-corrected chi connectivity index (χ1v) is 3.39. The lowest BCUT2D eigenvalue weighted by atomic mass is 10.2. The van der Waals surface area contributed by atoms with Crippen LogP contribution in [0.4, 0.5) is 0 Å². The molecule has 66 valence electrons. The van der Waals surface area contributed by atoms with Crippen LogP contribution < -0.4 is 11.5 Å². The van der Waals surface area contributed by atoms with E-state index in [1.807, 2.05) is 0 Å². The minimum Gasteiger partial charge on any atom is -0.371 e. The molecule has 0 saturated carbocycles. The Kier molecular flexibility index (Phi) is 4.56. The predicted molar refractivity (Wildman–Crippen MR) is 42.9 cm³/mol. The van der Waals surface area contributed by atoms with Gasteiger partial charge in [0.2, 0.25) is 0 Å². The molecule has 0 amide bonds. The molecule has 0 aliphatic heterocycles. The van der Waals surface area contributed by atoms with Gasteiger partial charge in [0.25, 0.3) is 0 Å². The van der Waals surface area contributed by atoms with Crippen molar-refractivity contribution >= 4 is 5.96 Å². The molecule has 5 nitrogen and oxygen atoms in total. The summed E-state index contributed by atoms with van der Waals surface area (Å²) in [6.45, 7) is 3.28. The lowest BCUT2D eigenvalue weighted by molar-refractivity contribution is -0.0489. The summed E-state index contributed by atoms with van der Waals surface area (Å²) < 4.78 is 4.84. The number of nitrogens with two attached hydrogens (primary N) is 2. The van der Waals surface area contributed by atoms with E-state index < -0.39 is 0 Å². The van der Waals surface area contributed by atoms with E-state index in [1.165, 1.54) is 0 Å². The van der Waals surface area contributed by atoms with Crippen molar-refractivity contribution in [3.05, 3.63) is 0 Å². The first-order chi connectivity index (χ1) is 5.07. The van der Waals surface area contributed by atoms with E-state index in [0.29, 0.717) is 0 Å². The molecule has 0 aliphatic carbocycles. The van der Waals surface area contributed by atoms with Crippen molar-refractivity contribution in [2.24, 2.45) is 16.5 Å². The molecule has 0 radical (unpaired) electrons. The Morgan fingerprint density at radius 3 is 2.45 bits per heavy atom. The van der Waals surface area contributed by atoms with Gasteiger partial charge in [0.05, 0.1) is 12.1 Å². The van der Waals surface area contributed by atoms with Crippen molar-refractivity contribution in [2.75, 3.05) is 6.79 Å². The van der Waals surface area contributed by atoms with Crippen LogP contribution in [0.15, 0.2) is 4.99 Å². The molecule has 0 aromatic rings. The number of hydrogen-bond donors (Lipinski definition) is 3. The van der Waals surface area contributed by atoms with Crippen LogP contribution in [0.25, 0.3) is 0 Å². The van der Waals surface area contributed by atoms with Crippen LogP contribution in [0, 0.1) is 0 Å². The summed E-state index contributed by atoms with van der Waals surface area (Å²) >= 11 is 0. The third kappa shape index (κ3) is 4.58. The number of hydrogen-bond acceptors (Lipinski definition) is 3. The smallest absolute Gasteiger partial charge is 0.186 e. The fourth-order valence-corrected chi connectivity index (χ4v) is 0.597. The van der Waals surface area contributed by atoms with E-state index in [9.17, 15) is 0 Å². The van der Waals surface area contributed by atoms with Crippen LogP contribution in [0.2, 0.25) is 0 Å². The quantitative estimate of drug-likeness (QED) is 0.280. The number of aliphatic imine (C=N–C) groups is 1. The Labute approximate surface area is 66.0 Å². The van der Waals surface area contributed by atoms with Gasteiger partial charge in [-0.3, -0.25) is 0 Å². The number of aliphatic hydroxyl groups excluding tert-OH is 1. The Bertz CT molecular complexity index is 134. The highest BCUT2D eigenvalue weighted by atomic mass is 16.6. The zero-order valence-corrected chi connectivity index (χ0v) is 6.82. The first kappa shape index (κ1) is 10.2. The molecule has 0 fully saturated rings. The topological polar surface area (TPSA) is 93.9 Å². The predicted octanol–water partition coefficient (Wildman–Crippen LogP) is -0.997. The molecule has 0 heterocycles. The average molecular weight is 161 g/mol. The summed E-state index contributed by atoms with van der Waals surface area (Å²) in [7, 11) is 0. The fourth-order valence-electron chi connectivity index (χ4n) is 0.597. The fraction of sp³-hybridized carbons (Fsp3) is 0.833. The number of aliphatic hydroxyl groups is 1. The molecule has 0 bridgehead atoms. The highest BCUT2D eigenvalue weighted by Gasteiger charge is 2.10. The van der Waals surface area contributed by atoms with Gasteiger partial charge in [-0.05, 0) is 13.8 Å². The third-order valence-corrected chi connectivity index (χ3v) is 1.37. The lowest BCUT2D eigenvalue weighted by Crippen LogP contribution is -2.29. The normalized spacial score (nSPS) is 15.5. The van der Waals surface area contributed by atoms with Crippen LogP contribution in [0.5, 0.6) is 0 Å². The van der Waals surface area contributed by atoms with E-state index >= 15 is 0 Å². The molecule has 0 aromatic heterocycles. The zero-order chi connectivity index (χ0) is 8.85. The summed E-state index contributed by atoms with van der Waals surface area (Å²) in [5, 5.41) is 8.39. The van der Waals surface area contributed by atoms with Crippen LogP contribution >= 0.6 is 0 Å². The highest BCUT2D eigenvalue weighted by Crippen LogP contribution is 2.00. The van der Waals surface area contributed by atoms with Gasteiger partial charge in [-0.25, -0.2) is 4.99 Å². The summed E-state index contributed by atoms with van der Waals surface area (Å²) in [5.41, 5.74) is 10.3. The summed E-state index contributed by atoms with van der Waals surface area (Å²) in [5.74, 6) is 0.0332.